The quantitative estimate of drug-likeness (QED) is 0.604. The molecule has 28 heavy (non-hydrogen) atoms. The number of thiophene rings is 1. The third-order valence-corrected chi connectivity index (χ3v) is 6.06. The highest BCUT2D eigenvalue weighted by Crippen LogP contribution is 2.37. The van der Waals surface area contributed by atoms with E-state index >= 15 is 0 Å². The minimum absolute atomic E-state index is 0.292. The molecule has 1 aliphatic rings. The first-order chi connectivity index (χ1) is 13.4. The third kappa shape index (κ3) is 3.38. The number of carbonyl (C=O) groups is 1. The van der Waals surface area contributed by atoms with Crippen molar-refractivity contribution in [3.05, 3.63) is 40.8 Å². The van der Waals surface area contributed by atoms with Gasteiger partial charge in [-0.1, -0.05) is 0 Å². The van der Waals surface area contributed by atoms with Crippen LogP contribution in [-0.2, 0) is 0 Å². The number of hydrogen-bond donors (Lipinski definition) is 3. The molecule has 0 aliphatic heterocycles. The van der Waals surface area contributed by atoms with Crippen LogP contribution in [0.4, 0.5) is 15.9 Å². The number of aromatic nitrogens is 2. The second-order valence-corrected chi connectivity index (χ2v) is 7.74. The Morgan fingerprint density at radius 3 is 2.93 bits per heavy atom. The molecule has 2 heterocycles. The van der Waals surface area contributed by atoms with Gasteiger partial charge in [0.2, 0.25) is 0 Å². The number of nitrogens with two attached hydrogens (primary N) is 1. The van der Waals surface area contributed by atoms with E-state index in [9.17, 15) is 14.3 Å². The fourth-order valence-electron chi connectivity index (χ4n) is 3.43. The lowest BCUT2D eigenvalue weighted by Gasteiger charge is -2.20. The number of benzene rings is 1. The number of aliphatic hydroxyl groups is 1. The molecule has 3 aromatic rings. The van der Waals surface area contributed by atoms with E-state index in [1.807, 2.05) is 0 Å². The van der Waals surface area contributed by atoms with Gasteiger partial charge in [-0.3, -0.25) is 4.79 Å². The summed E-state index contributed by atoms with van der Waals surface area (Å²) in [6.07, 6.45) is 2.67. The van der Waals surface area contributed by atoms with Gasteiger partial charge in [-0.25, -0.2) is 14.4 Å². The zero-order valence-electron chi connectivity index (χ0n) is 15.1. The van der Waals surface area contributed by atoms with Crippen molar-refractivity contribution in [2.45, 2.75) is 38.4 Å². The highest BCUT2D eigenvalue weighted by Gasteiger charge is 2.28. The van der Waals surface area contributed by atoms with Gasteiger partial charge in [0.25, 0.3) is 5.91 Å². The van der Waals surface area contributed by atoms with E-state index in [1.165, 1.54) is 29.8 Å². The van der Waals surface area contributed by atoms with E-state index in [0.717, 1.165) is 6.42 Å². The highest BCUT2D eigenvalue weighted by atomic mass is 32.1. The molecule has 0 bridgehead atoms. The van der Waals surface area contributed by atoms with Crippen molar-refractivity contribution >= 4 is 39.0 Å². The van der Waals surface area contributed by atoms with Crippen molar-refractivity contribution in [1.82, 2.24) is 9.97 Å². The molecule has 0 saturated heterocycles. The maximum Gasteiger partial charge on any atom is 0.259 e. The van der Waals surface area contributed by atoms with Gasteiger partial charge in [0.15, 0.2) is 0 Å². The van der Waals surface area contributed by atoms with Crippen LogP contribution in [0, 0.1) is 12.7 Å². The van der Waals surface area contributed by atoms with Gasteiger partial charge >= 0.3 is 0 Å². The van der Waals surface area contributed by atoms with Crippen molar-refractivity contribution < 1.29 is 19.0 Å². The molecular formula is C19H19FN4O3S. The van der Waals surface area contributed by atoms with Crippen LogP contribution >= 0.6 is 11.3 Å². The molecule has 0 spiro atoms. The van der Waals surface area contributed by atoms with Crippen molar-refractivity contribution in [3.63, 3.8) is 0 Å². The van der Waals surface area contributed by atoms with Crippen LogP contribution in [0.1, 0.15) is 34.5 Å². The Bertz CT molecular complexity index is 1060. The smallest absolute Gasteiger partial charge is 0.259 e. The highest BCUT2D eigenvalue weighted by molar-refractivity contribution is 7.20. The minimum atomic E-state index is -0.570. The molecule has 4 N–H and O–H groups in total. The summed E-state index contributed by atoms with van der Waals surface area (Å²) in [4.78, 5) is 21.2. The van der Waals surface area contributed by atoms with Crippen LogP contribution < -0.4 is 15.8 Å². The third-order valence-electron chi connectivity index (χ3n) is 4.84. The van der Waals surface area contributed by atoms with E-state index in [-0.39, 0.29) is 6.10 Å². The molecule has 2 aromatic heterocycles. The number of aryl methyl sites for hydroxylation is 1. The van der Waals surface area contributed by atoms with Gasteiger partial charge in [0, 0.05) is 6.07 Å². The fraction of sp³-hybridized carbons (Fsp3) is 0.316. The summed E-state index contributed by atoms with van der Waals surface area (Å²) >= 11 is 1.20. The Morgan fingerprint density at radius 1 is 1.39 bits per heavy atom. The number of fused-ring (bicyclic) bond motifs is 1. The topological polar surface area (TPSA) is 110 Å². The average Bonchev–Trinajstić information content (AvgIpc) is 3.21. The summed E-state index contributed by atoms with van der Waals surface area (Å²) in [7, 11) is 0. The van der Waals surface area contributed by atoms with Gasteiger partial charge in [-0.2, -0.15) is 0 Å². The monoisotopic (exact) mass is 402 g/mol. The van der Waals surface area contributed by atoms with E-state index in [0.29, 0.717) is 50.8 Å². The van der Waals surface area contributed by atoms with Gasteiger partial charge < -0.3 is 20.9 Å². The van der Waals surface area contributed by atoms with Crippen molar-refractivity contribution in [3.8, 4) is 5.75 Å². The molecular weight excluding hydrogens is 383 g/mol. The van der Waals surface area contributed by atoms with E-state index in [2.05, 4.69) is 15.3 Å². The number of amides is 1. The largest absolute Gasteiger partial charge is 0.485 e. The van der Waals surface area contributed by atoms with Crippen LogP contribution in [0.5, 0.6) is 5.75 Å². The number of nitrogens with zero attached hydrogens (tertiary/aromatic N) is 2. The summed E-state index contributed by atoms with van der Waals surface area (Å²) < 4.78 is 19.7. The molecule has 1 aromatic carbocycles. The van der Waals surface area contributed by atoms with E-state index in [4.69, 9.17) is 10.5 Å². The van der Waals surface area contributed by atoms with Crippen molar-refractivity contribution in [2.24, 2.45) is 5.73 Å². The number of ether oxygens (including phenoxy) is 1. The Labute approximate surface area is 164 Å². The maximum atomic E-state index is 13.8. The Hall–Kier alpha value is -2.78. The molecule has 4 rings (SSSR count). The zero-order valence-corrected chi connectivity index (χ0v) is 15.9. The number of nitrogens with one attached hydrogen (secondary N) is 1. The van der Waals surface area contributed by atoms with E-state index in [1.54, 1.807) is 13.0 Å². The standard InChI is InChI=1S/C19H19FN4O3S/c1-9-15-18(22-8-23-19(15)28-16(9)17(21)26)24-11-6-5-10(20)7-14(11)27-13-4-2-3-12(13)25/h5-8,12-13,25H,2-4H2,1H3,(H2,21,26)(H,22,23,24). The second-order valence-electron chi connectivity index (χ2n) is 6.74. The first-order valence-electron chi connectivity index (χ1n) is 8.89. The number of halogens is 1. The van der Waals surface area contributed by atoms with Crippen molar-refractivity contribution in [1.29, 1.82) is 0 Å². The maximum absolute atomic E-state index is 13.8. The average molecular weight is 402 g/mol. The summed E-state index contributed by atoms with van der Waals surface area (Å²) in [5.41, 5.74) is 6.64. The lowest BCUT2D eigenvalue weighted by atomic mass is 10.2. The predicted molar refractivity (Wildman–Crippen MR) is 105 cm³/mol. The normalized spacial score (nSPS) is 19.1. The van der Waals surface area contributed by atoms with Gasteiger partial charge in [-0.05, 0) is 43.9 Å². The van der Waals surface area contributed by atoms with Gasteiger partial charge in [0.05, 0.1) is 22.1 Å². The minimum Gasteiger partial charge on any atom is -0.485 e. The molecule has 9 heteroatoms. The van der Waals surface area contributed by atoms with Crippen LogP contribution in [0.15, 0.2) is 24.5 Å². The van der Waals surface area contributed by atoms with Crippen LogP contribution in [0.25, 0.3) is 10.2 Å². The summed E-state index contributed by atoms with van der Waals surface area (Å²) in [5.74, 6) is -0.202. The molecule has 0 radical (unpaired) electrons. The summed E-state index contributed by atoms with van der Waals surface area (Å²) in [5, 5.41) is 13.9. The van der Waals surface area contributed by atoms with Crippen LogP contribution in [0.2, 0.25) is 0 Å². The molecule has 2 atom stereocenters. The fourth-order valence-corrected chi connectivity index (χ4v) is 4.43. The first kappa shape index (κ1) is 18.6. The van der Waals surface area contributed by atoms with E-state index < -0.39 is 17.8 Å². The molecule has 2 unspecified atom stereocenters. The molecule has 1 fully saturated rings. The van der Waals surface area contributed by atoms with Crippen molar-refractivity contribution in [2.75, 3.05) is 5.32 Å². The first-order valence-corrected chi connectivity index (χ1v) is 9.71. The number of aliphatic hydroxyl groups excluding tert-OH is 1. The second kappa shape index (κ2) is 7.33. The van der Waals surface area contributed by atoms with Gasteiger partial charge in [0.1, 0.15) is 34.6 Å². The number of primary amides is 1. The van der Waals surface area contributed by atoms with Crippen LogP contribution in [0.3, 0.4) is 0 Å². The predicted octanol–water partition coefficient (Wildman–Crippen LogP) is 3.27. The van der Waals surface area contributed by atoms with Gasteiger partial charge in [-0.15, -0.1) is 11.3 Å². The van der Waals surface area contributed by atoms with Crippen LogP contribution in [-0.4, -0.2) is 33.2 Å². The molecule has 146 valence electrons. The summed E-state index contributed by atoms with van der Waals surface area (Å²) in [6.45, 7) is 1.78. The number of rotatable bonds is 5. The Balaban J connectivity index is 1.72. The number of anilines is 2. The number of carbonyl (C=O) groups excluding carboxylic acids is 1. The lowest BCUT2D eigenvalue weighted by Crippen LogP contribution is -2.26. The summed E-state index contributed by atoms with van der Waals surface area (Å²) in [6, 6.07) is 4.14. The number of hydrogen-bond acceptors (Lipinski definition) is 7. The molecule has 1 saturated carbocycles. The Kier molecular flexibility index (Phi) is 4.86. The SMILES string of the molecule is Cc1c(C(N)=O)sc2ncnc(Nc3ccc(F)cc3OC3CCCC3O)c12. The molecule has 7 nitrogen and oxygen atoms in total. The lowest BCUT2D eigenvalue weighted by molar-refractivity contribution is 0.0607. The molecule has 1 aliphatic carbocycles. The zero-order chi connectivity index (χ0) is 19.8. The molecule has 1 amide bonds. The Morgan fingerprint density at radius 2 is 2.21 bits per heavy atom.